The number of methoxy groups -OCH3 is 1. The van der Waals surface area contributed by atoms with Gasteiger partial charge in [-0.25, -0.2) is 0 Å². The summed E-state index contributed by atoms with van der Waals surface area (Å²) < 4.78 is 5.59. The first-order valence-corrected chi connectivity index (χ1v) is 9.26. The number of rotatable bonds is 4. The Hall–Kier alpha value is -1.02. The second-order valence-electron chi connectivity index (χ2n) is 7.50. The van der Waals surface area contributed by atoms with Crippen molar-refractivity contribution >= 4 is 0 Å². The molecule has 2 aliphatic carbocycles. The Balaban J connectivity index is 1.46. The van der Waals surface area contributed by atoms with Crippen LogP contribution in [0.4, 0.5) is 0 Å². The first-order chi connectivity index (χ1) is 10.9. The molecule has 2 nitrogen and oxygen atoms in total. The number of ether oxygens (including phenoxy) is 1. The normalized spacial score (nSPS) is 28.6. The summed E-state index contributed by atoms with van der Waals surface area (Å²) >= 11 is 0. The van der Waals surface area contributed by atoms with Gasteiger partial charge in [-0.05, 0) is 61.9 Å². The summed E-state index contributed by atoms with van der Waals surface area (Å²) in [4.78, 5) is 2.81. The van der Waals surface area contributed by atoms with Gasteiger partial charge in [-0.1, -0.05) is 37.8 Å². The maximum atomic E-state index is 5.59. The Labute approximate surface area is 134 Å². The van der Waals surface area contributed by atoms with E-state index in [1.54, 1.807) is 5.56 Å². The molecule has 0 spiro atoms. The molecule has 1 aliphatic heterocycles. The zero-order valence-electron chi connectivity index (χ0n) is 13.9. The molecule has 2 heteroatoms. The standard InChI is InChI=1S/C20H29NO/c1-22-20-8-4-7-16-17-12-14-21(19(17)10-9-18(16)20)13-11-15-5-2-3-6-15/h4,7-8,15,17,19H,2-3,5-6,9-14H2,1H3. The number of hydrogen-bond donors (Lipinski definition) is 0. The summed E-state index contributed by atoms with van der Waals surface area (Å²) in [6, 6.07) is 7.46. The minimum Gasteiger partial charge on any atom is -0.496 e. The van der Waals surface area contributed by atoms with Crippen molar-refractivity contribution in [2.24, 2.45) is 5.92 Å². The van der Waals surface area contributed by atoms with Gasteiger partial charge in [-0.2, -0.15) is 0 Å². The van der Waals surface area contributed by atoms with Crippen molar-refractivity contribution in [1.82, 2.24) is 4.90 Å². The van der Waals surface area contributed by atoms with E-state index in [0.717, 1.165) is 23.6 Å². The molecule has 1 saturated carbocycles. The minimum atomic E-state index is 0.752. The first-order valence-electron chi connectivity index (χ1n) is 9.26. The van der Waals surface area contributed by atoms with E-state index in [2.05, 4.69) is 23.1 Å². The smallest absolute Gasteiger partial charge is 0.122 e. The van der Waals surface area contributed by atoms with Gasteiger partial charge in [0.2, 0.25) is 0 Å². The third-order valence-electron chi connectivity index (χ3n) is 6.44. The van der Waals surface area contributed by atoms with Crippen LogP contribution >= 0.6 is 0 Å². The van der Waals surface area contributed by atoms with Gasteiger partial charge in [0.15, 0.2) is 0 Å². The summed E-state index contributed by atoms with van der Waals surface area (Å²) in [6.07, 6.45) is 11.2. The van der Waals surface area contributed by atoms with Crippen molar-refractivity contribution in [3.05, 3.63) is 29.3 Å². The molecule has 0 radical (unpaired) electrons. The molecule has 0 N–H and O–H groups in total. The maximum absolute atomic E-state index is 5.59. The Bertz CT molecular complexity index is 520. The number of fused-ring (bicyclic) bond motifs is 3. The lowest BCUT2D eigenvalue weighted by Gasteiger charge is -2.34. The van der Waals surface area contributed by atoms with Crippen LogP contribution in [0, 0.1) is 5.92 Å². The van der Waals surface area contributed by atoms with E-state index in [-0.39, 0.29) is 0 Å². The van der Waals surface area contributed by atoms with Crippen molar-refractivity contribution in [2.75, 3.05) is 20.2 Å². The van der Waals surface area contributed by atoms with Crippen molar-refractivity contribution in [1.29, 1.82) is 0 Å². The maximum Gasteiger partial charge on any atom is 0.122 e. The summed E-state index contributed by atoms with van der Waals surface area (Å²) in [5, 5.41) is 0. The molecular weight excluding hydrogens is 270 g/mol. The first kappa shape index (κ1) is 14.6. The van der Waals surface area contributed by atoms with Gasteiger partial charge < -0.3 is 4.74 Å². The number of hydrogen-bond acceptors (Lipinski definition) is 2. The van der Waals surface area contributed by atoms with E-state index in [0.29, 0.717) is 0 Å². The number of benzene rings is 1. The monoisotopic (exact) mass is 299 g/mol. The minimum absolute atomic E-state index is 0.752. The molecule has 1 heterocycles. The van der Waals surface area contributed by atoms with Gasteiger partial charge in [0, 0.05) is 12.0 Å². The van der Waals surface area contributed by atoms with Gasteiger partial charge >= 0.3 is 0 Å². The van der Waals surface area contributed by atoms with Gasteiger partial charge in [0.05, 0.1) is 7.11 Å². The summed E-state index contributed by atoms with van der Waals surface area (Å²) in [5.74, 6) is 2.89. The van der Waals surface area contributed by atoms with Gasteiger partial charge in [-0.3, -0.25) is 4.90 Å². The molecule has 2 unspecified atom stereocenters. The third-order valence-corrected chi connectivity index (χ3v) is 6.44. The molecule has 0 aromatic heterocycles. The number of nitrogens with zero attached hydrogens (tertiary/aromatic N) is 1. The number of likely N-dealkylation sites (tertiary alicyclic amines) is 1. The second kappa shape index (κ2) is 6.23. The van der Waals surface area contributed by atoms with E-state index in [4.69, 9.17) is 4.74 Å². The van der Waals surface area contributed by atoms with Gasteiger partial charge in [0.25, 0.3) is 0 Å². The summed E-state index contributed by atoms with van der Waals surface area (Å²) in [6.45, 7) is 2.64. The van der Waals surface area contributed by atoms with Gasteiger partial charge in [-0.15, -0.1) is 0 Å². The van der Waals surface area contributed by atoms with E-state index < -0.39 is 0 Å². The van der Waals surface area contributed by atoms with Crippen LogP contribution in [-0.4, -0.2) is 31.1 Å². The molecule has 2 atom stereocenters. The second-order valence-corrected chi connectivity index (χ2v) is 7.50. The van der Waals surface area contributed by atoms with E-state index in [1.807, 2.05) is 7.11 Å². The Morgan fingerprint density at radius 1 is 1.14 bits per heavy atom. The topological polar surface area (TPSA) is 12.5 Å². The van der Waals surface area contributed by atoms with Crippen molar-refractivity contribution in [2.45, 2.75) is 63.3 Å². The molecule has 3 aliphatic rings. The summed E-state index contributed by atoms with van der Waals surface area (Å²) in [5.41, 5.74) is 3.07. The van der Waals surface area contributed by atoms with Crippen LogP contribution in [0.2, 0.25) is 0 Å². The van der Waals surface area contributed by atoms with Crippen LogP contribution in [0.15, 0.2) is 18.2 Å². The Morgan fingerprint density at radius 3 is 2.82 bits per heavy atom. The third kappa shape index (κ3) is 2.56. The fraction of sp³-hybridized carbons (Fsp3) is 0.700. The molecule has 0 amide bonds. The fourth-order valence-corrected chi connectivity index (χ4v) is 5.27. The van der Waals surface area contributed by atoms with Crippen LogP contribution in [-0.2, 0) is 6.42 Å². The van der Waals surface area contributed by atoms with Crippen molar-refractivity contribution in [3.8, 4) is 5.75 Å². The highest BCUT2D eigenvalue weighted by Crippen LogP contribution is 2.44. The van der Waals surface area contributed by atoms with E-state index in [1.165, 1.54) is 70.0 Å². The quantitative estimate of drug-likeness (QED) is 0.818. The largest absolute Gasteiger partial charge is 0.496 e. The average Bonchev–Trinajstić information content (AvgIpc) is 3.21. The lowest BCUT2D eigenvalue weighted by atomic mass is 9.79. The SMILES string of the molecule is COc1cccc2c1CCC1C2CCN1CCC1CCCC1. The predicted octanol–water partition coefficient (Wildman–Crippen LogP) is 4.38. The Kier molecular flexibility index (Phi) is 4.13. The van der Waals surface area contributed by atoms with Crippen LogP contribution in [0.25, 0.3) is 0 Å². The fourth-order valence-electron chi connectivity index (χ4n) is 5.27. The van der Waals surface area contributed by atoms with E-state index >= 15 is 0 Å². The van der Waals surface area contributed by atoms with Crippen LogP contribution in [0.5, 0.6) is 5.75 Å². The molecule has 22 heavy (non-hydrogen) atoms. The van der Waals surface area contributed by atoms with Crippen molar-refractivity contribution in [3.63, 3.8) is 0 Å². The van der Waals surface area contributed by atoms with E-state index in [9.17, 15) is 0 Å². The molecule has 1 aromatic rings. The van der Waals surface area contributed by atoms with Gasteiger partial charge in [0.1, 0.15) is 5.75 Å². The lowest BCUT2D eigenvalue weighted by molar-refractivity contribution is 0.210. The van der Waals surface area contributed by atoms with Crippen molar-refractivity contribution < 1.29 is 4.74 Å². The molecule has 0 bridgehead atoms. The highest BCUT2D eigenvalue weighted by molar-refractivity contribution is 5.45. The highest BCUT2D eigenvalue weighted by Gasteiger charge is 2.39. The molecular formula is C20H29NO. The zero-order chi connectivity index (χ0) is 14.9. The average molecular weight is 299 g/mol. The lowest BCUT2D eigenvalue weighted by Crippen LogP contribution is -2.36. The Morgan fingerprint density at radius 2 is 2.00 bits per heavy atom. The molecule has 4 rings (SSSR count). The molecule has 1 saturated heterocycles. The van der Waals surface area contributed by atoms with Crippen LogP contribution < -0.4 is 4.74 Å². The zero-order valence-corrected chi connectivity index (χ0v) is 13.9. The molecule has 2 fully saturated rings. The van der Waals surface area contributed by atoms with Crippen LogP contribution in [0.1, 0.15) is 62.0 Å². The predicted molar refractivity (Wildman–Crippen MR) is 90.6 cm³/mol. The highest BCUT2D eigenvalue weighted by atomic mass is 16.5. The summed E-state index contributed by atoms with van der Waals surface area (Å²) in [7, 11) is 1.81. The van der Waals surface area contributed by atoms with Crippen LogP contribution in [0.3, 0.4) is 0 Å². The molecule has 1 aromatic carbocycles. The molecule has 120 valence electrons.